The number of halogens is 3. The van der Waals surface area contributed by atoms with E-state index in [0.29, 0.717) is 12.5 Å². The van der Waals surface area contributed by atoms with Crippen LogP contribution in [0.5, 0.6) is 0 Å². The minimum absolute atomic E-state index is 0.0590. The number of para-hydroxylation sites is 1. The summed E-state index contributed by atoms with van der Waals surface area (Å²) in [6.07, 6.45) is -2.15. The van der Waals surface area contributed by atoms with Crippen LogP contribution in [0.15, 0.2) is 24.3 Å². The molecule has 1 aromatic carbocycles. The van der Waals surface area contributed by atoms with Crippen LogP contribution in [0.25, 0.3) is 0 Å². The van der Waals surface area contributed by atoms with Gasteiger partial charge in [0.15, 0.2) is 0 Å². The molecule has 1 atom stereocenters. The highest BCUT2D eigenvalue weighted by Gasteiger charge is 2.33. The van der Waals surface area contributed by atoms with Crippen LogP contribution in [0.4, 0.5) is 18.9 Å². The van der Waals surface area contributed by atoms with Gasteiger partial charge in [-0.1, -0.05) is 12.1 Å². The number of anilines is 1. The maximum Gasteiger partial charge on any atom is 0.418 e. The minimum Gasteiger partial charge on any atom is -0.383 e. The smallest absolute Gasteiger partial charge is 0.383 e. The first-order chi connectivity index (χ1) is 7.98. The van der Waals surface area contributed by atoms with Gasteiger partial charge in [-0.2, -0.15) is 13.2 Å². The predicted molar refractivity (Wildman–Crippen MR) is 60.6 cm³/mol. The van der Waals surface area contributed by atoms with Gasteiger partial charge in [-0.05, 0) is 30.9 Å². The van der Waals surface area contributed by atoms with E-state index in [1.54, 1.807) is 6.07 Å². The number of alkyl halides is 3. The summed E-state index contributed by atoms with van der Waals surface area (Å²) < 4.78 is 38.0. The molecule has 5 heteroatoms. The van der Waals surface area contributed by atoms with Gasteiger partial charge in [-0.3, -0.25) is 0 Å². The SMILES string of the molecule is NC(CNc1ccccc1C(F)(F)F)C1CC1. The Kier molecular flexibility index (Phi) is 3.28. The molecule has 0 aromatic heterocycles. The lowest BCUT2D eigenvalue weighted by Gasteiger charge is -2.17. The van der Waals surface area contributed by atoms with Crippen molar-refractivity contribution >= 4 is 5.69 Å². The Morgan fingerprint density at radius 1 is 1.29 bits per heavy atom. The van der Waals surface area contributed by atoms with Gasteiger partial charge in [0.05, 0.1) is 5.56 Å². The molecule has 1 fully saturated rings. The molecule has 0 spiro atoms. The van der Waals surface area contributed by atoms with E-state index in [0.717, 1.165) is 18.9 Å². The van der Waals surface area contributed by atoms with Crippen LogP contribution in [0.2, 0.25) is 0 Å². The highest BCUT2D eigenvalue weighted by molar-refractivity contribution is 5.52. The van der Waals surface area contributed by atoms with Crippen LogP contribution in [0, 0.1) is 5.92 Å². The van der Waals surface area contributed by atoms with Crippen molar-refractivity contribution in [3.05, 3.63) is 29.8 Å². The van der Waals surface area contributed by atoms with E-state index in [4.69, 9.17) is 5.73 Å². The van der Waals surface area contributed by atoms with Crippen molar-refractivity contribution in [3.8, 4) is 0 Å². The maximum absolute atomic E-state index is 12.7. The number of nitrogens with two attached hydrogens (primary N) is 1. The summed E-state index contributed by atoms with van der Waals surface area (Å²) in [5, 5.41) is 2.80. The van der Waals surface area contributed by atoms with E-state index in [2.05, 4.69) is 5.32 Å². The Morgan fingerprint density at radius 2 is 1.94 bits per heavy atom. The topological polar surface area (TPSA) is 38.0 Å². The fourth-order valence-electron chi connectivity index (χ4n) is 1.80. The molecule has 94 valence electrons. The van der Waals surface area contributed by atoms with E-state index in [9.17, 15) is 13.2 Å². The van der Waals surface area contributed by atoms with Gasteiger partial charge < -0.3 is 11.1 Å². The molecule has 1 saturated carbocycles. The molecule has 0 amide bonds. The fraction of sp³-hybridized carbons (Fsp3) is 0.500. The van der Waals surface area contributed by atoms with Crippen molar-refractivity contribution < 1.29 is 13.2 Å². The monoisotopic (exact) mass is 244 g/mol. The third-order valence-electron chi connectivity index (χ3n) is 2.99. The van der Waals surface area contributed by atoms with Gasteiger partial charge in [0.25, 0.3) is 0 Å². The van der Waals surface area contributed by atoms with Crippen molar-refractivity contribution in [1.82, 2.24) is 0 Å². The second-order valence-corrected chi connectivity index (χ2v) is 4.43. The lowest BCUT2D eigenvalue weighted by molar-refractivity contribution is -0.136. The Balaban J connectivity index is 2.04. The summed E-state index contributed by atoms with van der Waals surface area (Å²) in [5.41, 5.74) is 5.31. The molecule has 2 rings (SSSR count). The average Bonchev–Trinajstić information content (AvgIpc) is 3.08. The lowest BCUT2D eigenvalue weighted by atomic mass is 10.1. The zero-order valence-corrected chi connectivity index (χ0v) is 9.30. The number of nitrogens with one attached hydrogen (secondary N) is 1. The molecule has 0 aliphatic heterocycles. The molecule has 2 nitrogen and oxygen atoms in total. The molecule has 1 aromatic rings. The second-order valence-electron chi connectivity index (χ2n) is 4.43. The second kappa shape index (κ2) is 4.56. The average molecular weight is 244 g/mol. The normalized spacial score (nSPS) is 17.9. The summed E-state index contributed by atoms with van der Waals surface area (Å²) >= 11 is 0. The molecule has 1 unspecified atom stereocenters. The van der Waals surface area contributed by atoms with Crippen molar-refractivity contribution in [2.45, 2.75) is 25.1 Å². The Labute approximate surface area is 98.0 Å². The van der Waals surface area contributed by atoms with E-state index >= 15 is 0 Å². The zero-order chi connectivity index (χ0) is 12.5. The van der Waals surface area contributed by atoms with E-state index < -0.39 is 11.7 Å². The van der Waals surface area contributed by atoms with Gasteiger partial charge in [0, 0.05) is 18.3 Å². The van der Waals surface area contributed by atoms with E-state index in [1.807, 2.05) is 0 Å². The fourth-order valence-corrected chi connectivity index (χ4v) is 1.80. The minimum atomic E-state index is -4.33. The van der Waals surface area contributed by atoms with Gasteiger partial charge >= 0.3 is 6.18 Å². The largest absolute Gasteiger partial charge is 0.418 e. The zero-order valence-electron chi connectivity index (χ0n) is 9.30. The van der Waals surface area contributed by atoms with Crippen LogP contribution in [-0.2, 0) is 6.18 Å². The summed E-state index contributed by atoms with van der Waals surface area (Å²) in [7, 11) is 0. The number of rotatable bonds is 4. The number of hydrogen-bond donors (Lipinski definition) is 2. The molecular formula is C12H15F3N2. The third-order valence-corrected chi connectivity index (χ3v) is 2.99. The maximum atomic E-state index is 12.7. The molecule has 17 heavy (non-hydrogen) atoms. The standard InChI is InChI=1S/C12H15F3N2/c13-12(14,15)9-3-1-2-4-11(9)17-7-10(16)8-5-6-8/h1-4,8,10,17H,5-7,16H2. The van der Waals surface area contributed by atoms with Crippen LogP contribution < -0.4 is 11.1 Å². The molecule has 1 aliphatic carbocycles. The quantitative estimate of drug-likeness (QED) is 0.854. The Hall–Kier alpha value is -1.23. The molecule has 0 radical (unpaired) electrons. The van der Waals surface area contributed by atoms with Gasteiger partial charge in [0.2, 0.25) is 0 Å². The first-order valence-corrected chi connectivity index (χ1v) is 5.64. The Bertz CT molecular complexity index is 386. The number of hydrogen-bond acceptors (Lipinski definition) is 2. The Morgan fingerprint density at radius 3 is 2.53 bits per heavy atom. The van der Waals surface area contributed by atoms with Gasteiger partial charge in [-0.25, -0.2) is 0 Å². The van der Waals surface area contributed by atoms with Gasteiger partial charge in [-0.15, -0.1) is 0 Å². The summed E-state index contributed by atoms with van der Waals surface area (Å²) in [5.74, 6) is 0.473. The lowest BCUT2D eigenvalue weighted by Crippen LogP contribution is -2.31. The van der Waals surface area contributed by atoms with Crippen LogP contribution in [-0.4, -0.2) is 12.6 Å². The van der Waals surface area contributed by atoms with E-state index in [-0.39, 0.29) is 11.7 Å². The van der Waals surface area contributed by atoms with Crippen LogP contribution in [0.1, 0.15) is 18.4 Å². The van der Waals surface area contributed by atoms with Crippen molar-refractivity contribution in [2.75, 3.05) is 11.9 Å². The summed E-state index contributed by atoms with van der Waals surface area (Å²) in [6.45, 7) is 0.387. The summed E-state index contributed by atoms with van der Waals surface area (Å²) in [6, 6.07) is 5.42. The molecule has 3 N–H and O–H groups in total. The molecular weight excluding hydrogens is 229 g/mol. The molecule has 1 aliphatic rings. The van der Waals surface area contributed by atoms with Gasteiger partial charge in [0.1, 0.15) is 0 Å². The molecule has 0 bridgehead atoms. The predicted octanol–water partition coefficient (Wildman–Crippen LogP) is 2.85. The first kappa shape index (κ1) is 12.2. The van der Waals surface area contributed by atoms with Crippen molar-refractivity contribution in [1.29, 1.82) is 0 Å². The highest BCUT2D eigenvalue weighted by atomic mass is 19.4. The van der Waals surface area contributed by atoms with Crippen molar-refractivity contribution in [2.24, 2.45) is 11.7 Å². The summed E-state index contributed by atoms with van der Waals surface area (Å²) in [4.78, 5) is 0. The highest BCUT2D eigenvalue weighted by Crippen LogP contribution is 2.35. The van der Waals surface area contributed by atoms with Crippen LogP contribution >= 0.6 is 0 Å². The number of benzene rings is 1. The third kappa shape index (κ3) is 3.12. The van der Waals surface area contributed by atoms with E-state index in [1.165, 1.54) is 12.1 Å². The molecule has 0 heterocycles. The molecule has 0 saturated heterocycles. The van der Waals surface area contributed by atoms with Crippen LogP contribution in [0.3, 0.4) is 0 Å². The first-order valence-electron chi connectivity index (χ1n) is 5.64. The van der Waals surface area contributed by atoms with Crippen molar-refractivity contribution in [3.63, 3.8) is 0 Å².